The molecular weight excluding hydrogens is 388 g/mol. The first-order chi connectivity index (χ1) is 14.0. The van der Waals surface area contributed by atoms with E-state index < -0.39 is 10.0 Å². The Bertz CT molecular complexity index is 893. The average Bonchev–Trinajstić information content (AvgIpc) is 2.74. The van der Waals surface area contributed by atoms with Gasteiger partial charge in [-0.15, -0.1) is 0 Å². The van der Waals surface area contributed by atoms with Crippen LogP contribution < -0.4 is 10.6 Å². The van der Waals surface area contributed by atoms with Crippen LogP contribution in [-0.4, -0.2) is 57.3 Å². The highest BCUT2D eigenvalue weighted by Crippen LogP contribution is 2.08. The van der Waals surface area contributed by atoms with E-state index in [1.165, 1.54) is 9.87 Å². The number of rotatable bonds is 7. The van der Waals surface area contributed by atoms with E-state index in [1.54, 1.807) is 0 Å². The van der Waals surface area contributed by atoms with Crippen LogP contribution >= 0.6 is 0 Å². The van der Waals surface area contributed by atoms with E-state index in [0.717, 1.165) is 11.3 Å². The predicted octanol–water partition coefficient (Wildman–Crippen LogP) is 2.21. The highest BCUT2D eigenvalue weighted by molar-refractivity contribution is 7.89. The number of hydrogen-bond acceptors (Lipinski definition) is 4. The SMILES string of the molecule is Cc1ccc(CN=C(NCCS(=O)(=O)N2CCOCC2)Nc2ccccc2)cc1. The Kier molecular flexibility index (Phi) is 7.62. The summed E-state index contributed by atoms with van der Waals surface area (Å²) in [6.45, 7) is 4.55. The third-order valence-corrected chi connectivity index (χ3v) is 6.46. The first kappa shape index (κ1) is 21.3. The van der Waals surface area contributed by atoms with Crippen LogP contribution in [0.5, 0.6) is 0 Å². The second-order valence-corrected chi connectivity index (χ2v) is 8.98. The molecule has 0 spiro atoms. The van der Waals surface area contributed by atoms with Crippen LogP contribution in [0, 0.1) is 6.92 Å². The van der Waals surface area contributed by atoms with E-state index in [4.69, 9.17) is 4.74 Å². The van der Waals surface area contributed by atoms with Crippen molar-refractivity contribution in [2.75, 3.05) is 43.9 Å². The lowest BCUT2D eigenvalue weighted by molar-refractivity contribution is 0.0730. The minimum atomic E-state index is -3.32. The molecule has 0 saturated carbocycles. The third kappa shape index (κ3) is 6.85. The van der Waals surface area contributed by atoms with Crippen LogP contribution in [0.25, 0.3) is 0 Å². The Morgan fingerprint density at radius 1 is 1.07 bits per heavy atom. The minimum absolute atomic E-state index is 0.00697. The zero-order chi connectivity index (χ0) is 20.5. The Morgan fingerprint density at radius 2 is 1.76 bits per heavy atom. The van der Waals surface area contributed by atoms with Gasteiger partial charge in [0.1, 0.15) is 0 Å². The van der Waals surface area contributed by atoms with Crippen molar-refractivity contribution in [3.05, 3.63) is 65.7 Å². The summed E-state index contributed by atoms with van der Waals surface area (Å²) >= 11 is 0. The number of nitrogens with zero attached hydrogens (tertiary/aromatic N) is 2. The maximum absolute atomic E-state index is 12.5. The van der Waals surface area contributed by atoms with E-state index in [1.807, 2.05) is 49.4 Å². The summed E-state index contributed by atoms with van der Waals surface area (Å²) in [7, 11) is -3.32. The molecule has 0 bridgehead atoms. The molecule has 8 heteroatoms. The number of anilines is 1. The lowest BCUT2D eigenvalue weighted by atomic mass is 10.1. The Balaban J connectivity index is 1.62. The molecule has 0 atom stereocenters. The van der Waals surface area contributed by atoms with Gasteiger partial charge >= 0.3 is 0 Å². The number of aryl methyl sites for hydroxylation is 1. The fourth-order valence-corrected chi connectivity index (χ4v) is 4.24. The monoisotopic (exact) mass is 416 g/mol. The number of nitrogens with one attached hydrogen (secondary N) is 2. The molecule has 29 heavy (non-hydrogen) atoms. The molecule has 1 heterocycles. The van der Waals surface area contributed by atoms with Gasteiger partial charge in [-0.3, -0.25) is 0 Å². The van der Waals surface area contributed by atoms with E-state index in [2.05, 4.69) is 27.8 Å². The summed E-state index contributed by atoms with van der Waals surface area (Å²) in [6.07, 6.45) is 0. The highest BCUT2D eigenvalue weighted by Gasteiger charge is 2.23. The maximum atomic E-state index is 12.5. The molecule has 0 amide bonds. The molecule has 2 aromatic carbocycles. The number of guanidine groups is 1. The largest absolute Gasteiger partial charge is 0.379 e. The van der Waals surface area contributed by atoms with Crippen molar-refractivity contribution >= 4 is 21.7 Å². The van der Waals surface area contributed by atoms with Crippen LogP contribution in [0.2, 0.25) is 0 Å². The normalized spacial score (nSPS) is 15.8. The molecular formula is C21H28N4O3S. The summed E-state index contributed by atoms with van der Waals surface area (Å²) in [4.78, 5) is 4.62. The van der Waals surface area contributed by atoms with Crippen LogP contribution in [0.4, 0.5) is 5.69 Å². The molecule has 0 aromatic heterocycles. The molecule has 0 aliphatic carbocycles. The summed E-state index contributed by atoms with van der Waals surface area (Å²) in [5.41, 5.74) is 3.18. The van der Waals surface area contributed by atoms with Gasteiger partial charge in [0.05, 0.1) is 25.5 Å². The van der Waals surface area contributed by atoms with Crippen molar-refractivity contribution < 1.29 is 13.2 Å². The molecule has 1 aliphatic heterocycles. The van der Waals surface area contributed by atoms with Gasteiger partial charge in [-0.25, -0.2) is 13.4 Å². The van der Waals surface area contributed by atoms with Crippen molar-refractivity contribution in [3.63, 3.8) is 0 Å². The number of hydrogen-bond donors (Lipinski definition) is 2. The van der Waals surface area contributed by atoms with Gasteiger partial charge in [-0.2, -0.15) is 4.31 Å². The second kappa shape index (κ2) is 10.4. The zero-order valence-corrected chi connectivity index (χ0v) is 17.5. The minimum Gasteiger partial charge on any atom is -0.379 e. The molecule has 156 valence electrons. The summed E-state index contributed by atoms with van der Waals surface area (Å²) in [5, 5.41) is 6.38. The quantitative estimate of drug-likeness (QED) is 0.534. The van der Waals surface area contributed by atoms with Gasteiger partial charge in [-0.1, -0.05) is 48.0 Å². The molecule has 3 rings (SSSR count). The number of morpholine rings is 1. The van der Waals surface area contributed by atoms with Gasteiger partial charge in [0, 0.05) is 25.3 Å². The van der Waals surface area contributed by atoms with Crippen molar-refractivity contribution in [2.45, 2.75) is 13.5 Å². The van der Waals surface area contributed by atoms with E-state index >= 15 is 0 Å². The standard InChI is InChI=1S/C21H28N4O3S/c1-18-7-9-19(10-8-18)17-23-21(24-20-5-3-2-4-6-20)22-11-16-29(26,27)25-12-14-28-15-13-25/h2-10H,11-17H2,1H3,(H2,22,23,24). The van der Waals surface area contributed by atoms with Crippen molar-refractivity contribution in [1.82, 2.24) is 9.62 Å². The first-order valence-corrected chi connectivity index (χ1v) is 11.4. The highest BCUT2D eigenvalue weighted by atomic mass is 32.2. The van der Waals surface area contributed by atoms with E-state index in [-0.39, 0.29) is 12.3 Å². The van der Waals surface area contributed by atoms with E-state index in [0.29, 0.717) is 38.8 Å². The van der Waals surface area contributed by atoms with Gasteiger partial charge in [0.2, 0.25) is 10.0 Å². The number of aliphatic imine (C=N–C) groups is 1. The zero-order valence-electron chi connectivity index (χ0n) is 16.7. The lowest BCUT2D eigenvalue weighted by Crippen LogP contribution is -2.44. The lowest BCUT2D eigenvalue weighted by Gasteiger charge is -2.26. The Morgan fingerprint density at radius 3 is 2.45 bits per heavy atom. The second-order valence-electron chi connectivity index (χ2n) is 6.90. The number of para-hydroxylation sites is 1. The van der Waals surface area contributed by atoms with Crippen molar-refractivity contribution in [2.24, 2.45) is 4.99 Å². The van der Waals surface area contributed by atoms with E-state index in [9.17, 15) is 8.42 Å². The number of ether oxygens (including phenoxy) is 1. The van der Waals surface area contributed by atoms with Gasteiger partial charge in [0.25, 0.3) is 0 Å². The molecule has 0 unspecified atom stereocenters. The van der Waals surface area contributed by atoms with Gasteiger partial charge in [-0.05, 0) is 24.6 Å². The molecule has 7 nitrogen and oxygen atoms in total. The first-order valence-electron chi connectivity index (χ1n) is 9.74. The number of benzene rings is 2. The van der Waals surface area contributed by atoms with Crippen LogP contribution in [-0.2, 0) is 21.3 Å². The van der Waals surface area contributed by atoms with Crippen molar-refractivity contribution in [1.29, 1.82) is 0 Å². The third-order valence-electron chi connectivity index (χ3n) is 4.59. The average molecular weight is 417 g/mol. The Hall–Kier alpha value is -2.42. The molecule has 1 aliphatic rings. The van der Waals surface area contributed by atoms with Gasteiger partial charge in [0.15, 0.2) is 5.96 Å². The fourth-order valence-electron chi connectivity index (χ4n) is 2.91. The molecule has 1 saturated heterocycles. The summed E-state index contributed by atoms with van der Waals surface area (Å²) < 4.78 is 31.7. The topological polar surface area (TPSA) is 83.0 Å². The smallest absolute Gasteiger partial charge is 0.215 e. The van der Waals surface area contributed by atoms with Crippen LogP contribution in [0.1, 0.15) is 11.1 Å². The van der Waals surface area contributed by atoms with Crippen LogP contribution in [0.3, 0.4) is 0 Å². The summed E-state index contributed by atoms with van der Waals surface area (Å²) in [5.74, 6) is 0.557. The van der Waals surface area contributed by atoms with Crippen LogP contribution in [0.15, 0.2) is 59.6 Å². The Labute approximate surface area is 172 Å². The summed E-state index contributed by atoms with van der Waals surface area (Å²) in [6, 6.07) is 17.9. The molecule has 2 aromatic rings. The number of sulfonamides is 1. The fraction of sp³-hybridized carbons (Fsp3) is 0.381. The molecule has 0 radical (unpaired) electrons. The maximum Gasteiger partial charge on any atom is 0.215 e. The molecule has 1 fully saturated rings. The van der Waals surface area contributed by atoms with Crippen molar-refractivity contribution in [3.8, 4) is 0 Å². The predicted molar refractivity (Wildman–Crippen MR) is 117 cm³/mol. The molecule has 2 N–H and O–H groups in total. The van der Waals surface area contributed by atoms with Gasteiger partial charge < -0.3 is 15.4 Å².